The number of nitrogens with zero attached hydrogens (tertiary/aromatic N) is 1. The fourth-order valence-corrected chi connectivity index (χ4v) is 3.41. The fourth-order valence-electron chi connectivity index (χ4n) is 1.84. The molecule has 0 spiro atoms. The number of hydrogen-bond acceptors (Lipinski definition) is 3. The average Bonchev–Trinajstić information content (AvgIpc) is 2.19. The van der Waals surface area contributed by atoms with Crippen LogP contribution in [0.15, 0.2) is 0 Å². The molecule has 1 heterocycles. The lowest BCUT2D eigenvalue weighted by atomic mass is 10.0. The second kappa shape index (κ2) is 5.30. The molecule has 0 aromatic heterocycles. The van der Waals surface area contributed by atoms with Crippen LogP contribution in [0.4, 0.5) is 0 Å². The van der Waals surface area contributed by atoms with Gasteiger partial charge >= 0.3 is 0 Å². The van der Waals surface area contributed by atoms with E-state index in [1.54, 1.807) is 0 Å². The van der Waals surface area contributed by atoms with E-state index in [1.807, 2.05) is 0 Å². The summed E-state index contributed by atoms with van der Waals surface area (Å²) in [5.74, 6) is 0. The zero-order valence-electron chi connectivity index (χ0n) is 8.02. The number of piperidine rings is 1. The number of halogens is 1. The Kier molecular flexibility index (Phi) is 4.63. The van der Waals surface area contributed by atoms with Crippen LogP contribution in [-0.2, 0) is 10.0 Å². The molecule has 6 heteroatoms. The van der Waals surface area contributed by atoms with E-state index in [4.69, 9.17) is 16.7 Å². The van der Waals surface area contributed by atoms with Crippen molar-refractivity contribution < 1.29 is 13.5 Å². The molecule has 1 rings (SSSR count). The van der Waals surface area contributed by atoms with Crippen molar-refractivity contribution in [2.45, 2.75) is 31.7 Å². The number of alkyl halides is 1. The van der Waals surface area contributed by atoms with Crippen molar-refractivity contribution in [1.82, 2.24) is 4.31 Å². The molecule has 1 aliphatic rings. The first-order chi connectivity index (χ1) is 6.61. The number of rotatable bonds is 4. The molecule has 1 aliphatic heterocycles. The van der Waals surface area contributed by atoms with Crippen LogP contribution < -0.4 is 0 Å². The van der Waals surface area contributed by atoms with Gasteiger partial charge < -0.3 is 5.11 Å². The van der Waals surface area contributed by atoms with Crippen LogP contribution in [-0.4, -0.2) is 42.2 Å². The molecule has 1 fully saturated rings. The summed E-state index contributed by atoms with van der Waals surface area (Å²) < 4.78 is 24.5. The van der Waals surface area contributed by atoms with Crippen molar-refractivity contribution >= 4 is 21.6 Å². The first kappa shape index (κ1) is 12.2. The molecule has 0 aromatic carbocycles. The van der Waals surface area contributed by atoms with Crippen LogP contribution in [0.2, 0.25) is 0 Å². The van der Waals surface area contributed by atoms with E-state index in [0.717, 1.165) is 19.3 Å². The largest absolute Gasteiger partial charge is 0.396 e. The highest BCUT2D eigenvalue weighted by Gasteiger charge is 2.30. The third-order valence-electron chi connectivity index (χ3n) is 2.53. The van der Waals surface area contributed by atoms with E-state index in [9.17, 15) is 8.42 Å². The van der Waals surface area contributed by atoms with E-state index in [-0.39, 0.29) is 17.9 Å². The quantitative estimate of drug-likeness (QED) is 0.739. The lowest BCUT2D eigenvalue weighted by Crippen LogP contribution is -2.44. The fraction of sp³-hybridized carbons (Fsp3) is 1.00. The lowest BCUT2D eigenvalue weighted by Gasteiger charge is -2.33. The third kappa shape index (κ3) is 2.82. The molecular formula is C8H16ClNO3S. The van der Waals surface area contributed by atoms with Gasteiger partial charge in [0.15, 0.2) is 0 Å². The highest BCUT2D eigenvalue weighted by molar-refractivity contribution is 7.90. The minimum Gasteiger partial charge on any atom is -0.396 e. The van der Waals surface area contributed by atoms with Crippen LogP contribution in [0.5, 0.6) is 0 Å². The maximum absolute atomic E-state index is 11.6. The molecule has 0 saturated carbocycles. The van der Waals surface area contributed by atoms with Gasteiger partial charge in [-0.1, -0.05) is 6.42 Å². The molecule has 1 unspecified atom stereocenters. The SMILES string of the molecule is O=S(=O)(CCl)N1CCCCC1CCO. The molecule has 0 bridgehead atoms. The van der Waals surface area contributed by atoms with Gasteiger partial charge in [-0.25, -0.2) is 8.42 Å². The average molecular weight is 242 g/mol. The molecule has 14 heavy (non-hydrogen) atoms. The van der Waals surface area contributed by atoms with Gasteiger partial charge in [-0.3, -0.25) is 0 Å². The first-order valence-corrected chi connectivity index (χ1v) is 6.92. The summed E-state index contributed by atoms with van der Waals surface area (Å²) in [6, 6.07) is -0.0579. The Morgan fingerprint density at radius 3 is 2.71 bits per heavy atom. The lowest BCUT2D eigenvalue weighted by molar-refractivity contribution is 0.193. The van der Waals surface area contributed by atoms with E-state index < -0.39 is 10.0 Å². The van der Waals surface area contributed by atoms with E-state index in [1.165, 1.54) is 4.31 Å². The van der Waals surface area contributed by atoms with Crippen molar-refractivity contribution in [2.24, 2.45) is 0 Å². The third-order valence-corrected chi connectivity index (χ3v) is 4.83. The molecule has 0 aromatic rings. The summed E-state index contributed by atoms with van der Waals surface area (Å²) in [6.07, 6.45) is 3.25. The number of aliphatic hydroxyl groups excluding tert-OH is 1. The zero-order valence-corrected chi connectivity index (χ0v) is 9.60. The highest BCUT2D eigenvalue weighted by Crippen LogP contribution is 2.23. The van der Waals surface area contributed by atoms with Gasteiger partial charge in [0.1, 0.15) is 5.21 Å². The maximum Gasteiger partial charge on any atom is 0.228 e. The van der Waals surface area contributed by atoms with Gasteiger partial charge in [0.05, 0.1) is 0 Å². The normalized spacial score (nSPS) is 25.1. The maximum atomic E-state index is 11.6. The second-order valence-electron chi connectivity index (χ2n) is 3.49. The van der Waals surface area contributed by atoms with Crippen molar-refractivity contribution in [2.75, 3.05) is 18.4 Å². The molecule has 84 valence electrons. The molecule has 1 atom stereocenters. The molecule has 0 amide bonds. The van der Waals surface area contributed by atoms with Crippen LogP contribution >= 0.6 is 11.6 Å². The summed E-state index contributed by atoms with van der Waals surface area (Å²) in [7, 11) is -3.30. The van der Waals surface area contributed by atoms with Crippen LogP contribution in [0.25, 0.3) is 0 Å². The van der Waals surface area contributed by atoms with Crippen molar-refractivity contribution in [3.05, 3.63) is 0 Å². The summed E-state index contributed by atoms with van der Waals surface area (Å²) in [4.78, 5) is 0. The predicted molar refractivity (Wildman–Crippen MR) is 55.7 cm³/mol. The topological polar surface area (TPSA) is 57.6 Å². The molecule has 0 radical (unpaired) electrons. The van der Waals surface area contributed by atoms with Crippen LogP contribution in [0.1, 0.15) is 25.7 Å². The highest BCUT2D eigenvalue weighted by atomic mass is 35.5. The smallest absolute Gasteiger partial charge is 0.228 e. The van der Waals surface area contributed by atoms with Gasteiger partial charge in [0.25, 0.3) is 0 Å². The van der Waals surface area contributed by atoms with Gasteiger partial charge in [-0.05, 0) is 19.3 Å². The van der Waals surface area contributed by atoms with Crippen molar-refractivity contribution in [3.63, 3.8) is 0 Å². The van der Waals surface area contributed by atoms with Gasteiger partial charge in [-0.15, -0.1) is 11.6 Å². The minimum atomic E-state index is -3.30. The van der Waals surface area contributed by atoms with Crippen molar-refractivity contribution in [3.8, 4) is 0 Å². The van der Waals surface area contributed by atoms with Crippen LogP contribution in [0.3, 0.4) is 0 Å². The molecule has 4 nitrogen and oxygen atoms in total. The Bertz CT molecular complexity index is 266. The molecular weight excluding hydrogens is 226 g/mol. The Hall–Kier alpha value is 0.160. The number of sulfonamides is 1. The summed E-state index contributed by atoms with van der Waals surface area (Å²) in [6.45, 7) is 0.568. The van der Waals surface area contributed by atoms with E-state index >= 15 is 0 Å². The minimum absolute atomic E-state index is 0.0268. The second-order valence-corrected chi connectivity index (χ2v) is 6.00. The van der Waals surface area contributed by atoms with Crippen LogP contribution in [0, 0.1) is 0 Å². The van der Waals surface area contributed by atoms with Gasteiger partial charge in [-0.2, -0.15) is 4.31 Å². The Balaban J connectivity index is 2.72. The van der Waals surface area contributed by atoms with E-state index in [2.05, 4.69) is 0 Å². The zero-order chi connectivity index (χ0) is 10.6. The summed E-state index contributed by atoms with van der Waals surface area (Å²) in [5.41, 5.74) is 0. The first-order valence-electron chi connectivity index (χ1n) is 4.78. The Morgan fingerprint density at radius 2 is 2.14 bits per heavy atom. The summed E-state index contributed by atoms with van der Waals surface area (Å²) in [5, 5.41) is 8.45. The monoisotopic (exact) mass is 241 g/mol. The number of aliphatic hydroxyl groups is 1. The predicted octanol–water partition coefficient (Wildman–Crippen LogP) is 0.749. The van der Waals surface area contributed by atoms with Gasteiger partial charge in [0.2, 0.25) is 10.0 Å². The molecule has 1 N–H and O–H groups in total. The van der Waals surface area contributed by atoms with E-state index in [0.29, 0.717) is 13.0 Å². The number of hydrogen-bond donors (Lipinski definition) is 1. The van der Waals surface area contributed by atoms with Crippen molar-refractivity contribution in [1.29, 1.82) is 0 Å². The Labute approximate surface area is 89.9 Å². The summed E-state index contributed by atoms with van der Waals surface area (Å²) >= 11 is 5.40. The Morgan fingerprint density at radius 1 is 1.43 bits per heavy atom. The molecule has 0 aliphatic carbocycles. The standard InChI is InChI=1S/C8H16ClNO3S/c9-7-14(12,13)10-5-2-1-3-8(10)4-6-11/h8,11H,1-7H2. The molecule has 1 saturated heterocycles. The van der Waals surface area contributed by atoms with Gasteiger partial charge in [0, 0.05) is 19.2 Å².